The van der Waals surface area contributed by atoms with Crippen LogP contribution in [0.1, 0.15) is 19.8 Å². The molecule has 1 saturated carbocycles. The number of hydrogen-bond donors (Lipinski definition) is 2. The number of aliphatic carboxylic acids is 1. The van der Waals surface area contributed by atoms with Crippen molar-refractivity contribution in [3.8, 4) is 0 Å². The molecular formula is C14H17FN2O3. The van der Waals surface area contributed by atoms with Crippen LogP contribution >= 0.6 is 0 Å². The number of amides is 2. The molecule has 5 nitrogen and oxygen atoms in total. The largest absolute Gasteiger partial charge is 0.480 e. The van der Waals surface area contributed by atoms with Crippen molar-refractivity contribution < 1.29 is 19.1 Å². The molecule has 2 rings (SSSR count). The predicted molar refractivity (Wildman–Crippen MR) is 72.1 cm³/mol. The number of carbonyl (C=O) groups is 2. The Hall–Kier alpha value is -2.11. The van der Waals surface area contributed by atoms with E-state index in [9.17, 15) is 19.1 Å². The molecule has 2 N–H and O–H groups in total. The van der Waals surface area contributed by atoms with Crippen LogP contribution in [0.3, 0.4) is 0 Å². The molecule has 2 amide bonds. The van der Waals surface area contributed by atoms with Crippen LogP contribution < -0.4 is 10.2 Å². The maximum Gasteiger partial charge on any atom is 0.329 e. The minimum atomic E-state index is -1.28. The second kappa shape index (κ2) is 5.11. The normalized spacial score (nSPS) is 17.1. The highest BCUT2D eigenvalue weighted by atomic mass is 19.1. The van der Waals surface area contributed by atoms with Gasteiger partial charge in [-0.1, -0.05) is 6.07 Å². The van der Waals surface area contributed by atoms with Gasteiger partial charge in [-0.05, 0) is 43.9 Å². The SMILES string of the molecule is CN(C(=O)NC(C)(C(=O)O)C1CC1)c1cccc(F)c1. The van der Waals surface area contributed by atoms with Crippen molar-refractivity contribution in [2.45, 2.75) is 25.3 Å². The van der Waals surface area contributed by atoms with Crippen molar-refractivity contribution in [2.24, 2.45) is 5.92 Å². The Morgan fingerprint density at radius 1 is 1.45 bits per heavy atom. The highest BCUT2D eigenvalue weighted by Crippen LogP contribution is 2.39. The van der Waals surface area contributed by atoms with Crippen LogP contribution in [0.5, 0.6) is 0 Å². The Morgan fingerprint density at radius 2 is 2.10 bits per heavy atom. The van der Waals surface area contributed by atoms with E-state index in [-0.39, 0.29) is 5.92 Å². The number of carboxylic acids is 1. The number of hydrogen-bond acceptors (Lipinski definition) is 2. The molecule has 1 aromatic carbocycles. The Kier molecular flexibility index (Phi) is 3.65. The molecule has 1 aliphatic carbocycles. The van der Waals surface area contributed by atoms with Crippen molar-refractivity contribution in [1.82, 2.24) is 5.32 Å². The zero-order valence-electron chi connectivity index (χ0n) is 11.4. The van der Waals surface area contributed by atoms with Crippen LogP contribution in [0, 0.1) is 11.7 Å². The molecule has 0 bridgehead atoms. The van der Waals surface area contributed by atoms with Gasteiger partial charge in [-0.2, -0.15) is 0 Å². The molecule has 6 heteroatoms. The van der Waals surface area contributed by atoms with Gasteiger partial charge in [0.05, 0.1) is 0 Å². The van der Waals surface area contributed by atoms with Gasteiger partial charge in [0.1, 0.15) is 11.4 Å². The van der Waals surface area contributed by atoms with Gasteiger partial charge in [0.25, 0.3) is 0 Å². The number of urea groups is 1. The van der Waals surface area contributed by atoms with Crippen molar-refractivity contribution in [3.05, 3.63) is 30.1 Å². The lowest BCUT2D eigenvalue weighted by molar-refractivity contribution is -0.144. The fourth-order valence-electron chi connectivity index (χ4n) is 2.10. The summed E-state index contributed by atoms with van der Waals surface area (Å²) in [4.78, 5) is 24.7. The third-order valence-electron chi connectivity index (χ3n) is 3.70. The monoisotopic (exact) mass is 280 g/mol. The van der Waals surface area contributed by atoms with E-state index in [0.29, 0.717) is 5.69 Å². The first-order chi connectivity index (χ1) is 9.34. The topological polar surface area (TPSA) is 69.6 Å². The average Bonchev–Trinajstić information content (AvgIpc) is 3.21. The van der Waals surface area contributed by atoms with Crippen LogP contribution in [-0.2, 0) is 4.79 Å². The number of carboxylic acid groups (broad SMARTS) is 1. The smallest absolute Gasteiger partial charge is 0.329 e. The number of halogens is 1. The molecule has 1 aliphatic rings. The summed E-state index contributed by atoms with van der Waals surface area (Å²) in [6, 6.07) is 5.01. The van der Waals surface area contributed by atoms with Gasteiger partial charge in [0.15, 0.2) is 0 Å². The van der Waals surface area contributed by atoms with Crippen LogP contribution in [0.15, 0.2) is 24.3 Å². The standard InChI is InChI=1S/C14H17FN2O3/c1-14(12(18)19,9-6-7-9)16-13(20)17(2)11-5-3-4-10(15)8-11/h3-5,8-9H,6-7H2,1-2H3,(H,16,20)(H,18,19). The first-order valence-electron chi connectivity index (χ1n) is 6.39. The van der Waals surface area contributed by atoms with E-state index in [4.69, 9.17) is 0 Å². The minimum absolute atomic E-state index is 0.0511. The quantitative estimate of drug-likeness (QED) is 0.888. The summed E-state index contributed by atoms with van der Waals surface area (Å²) in [5.41, 5.74) is -0.912. The van der Waals surface area contributed by atoms with Crippen LogP contribution in [0.2, 0.25) is 0 Å². The Morgan fingerprint density at radius 3 is 2.60 bits per heavy atom. The molecule has 1 unspecified atom stereocenters. The number of carbonyl (C=O) groups excluding carboxylic acids is 1. The minimum Gasteiger partial charge on any atom is -0.480 e. The summed E-state index contributed by atoms with van der Waals surface area (Å²) in [5, 5.41) is 11.8. The predicted octanol–water partition coefficient (Wildman–Crippen LogP) is 2.22. The Bertz CT molecular complexity index is 545. The number of rotatable bonds is 4. The summed E-state index contributed by atoms with van der Waals surface area (Å²) in [6.07, 6.45) is 1.57. The summed E-state index contributed by atoms with van der Waals surface area (Å²) in [5.74, 6) is -1.56. The summed E-state index contributed by atoms with van der Waals surface area (Å²) >= 11 is 0. The van der Waals surface area contributed by atoms with Crippen molar-refractivity contribution >= 4 is 17.7 Å². The van der Waals surface area contributed by atoms with Gasteiger partial charge in [-0.3, -0.25) is 4.90 Å². The zero-order valence-corrected chi connectivity index (χ0v) is 11.4. The van der Waals surface area contributed by atoms with E-state index in [1.807, 2.05) is 0 Å². The second-order valence-corrected chi connectivity index (χ2v) is 5.25. The van der Waals surface area contributed by atoms with Crippen LogP contribution in [0.4, 0.5) is 14.9 Å². The van der Waals surface area contributed by atoms with E-state index < -0.39 is 23.4 Å². The fraction of sp³-hybridized carbons (Fsp3) is 0.429. The zero-order chi connectivity index (χ0) is 14.9. The molecule has 1 atom stereocenters. The molecule has 0 radical (unpaired) electrons. The lowest BCUT2D eigenvalue weighted by atomic mass is 9.96. The number of nitrogens with one attached hydrogen (secondary N) is 1. The highest BCUT2D eigenvalue weighted by Gasteiger charge is 2.49. The number of nitrogens with zero attached hydrogens (tertiary/aromatic N) is 1. The van der Waals surface area contributed by atoms with Crippen LogP contribution in [0.25, 0.3) is 0 Å². The molecule has 1 fully saturated rings. The number of benzene rings is 1. The first-order valence-corrected chi connectivity index (χ1v) is 6.39. The first kappa shape index (κ1) is 14.3. The molecule has 0 saturated heterocycles. The summed E-state index contributed by atoms with van der Waals surface area (Å²) in [7, 11) is 1.47. The molecular weight excluding hydrogens is 263 g/mol. The summed E-state index contributed by atoms with van der Waals surface area (Å²) in [6.45, 7) is 1.50. The van der Waals surface area contributed by atoms with Gasteiger partial charge >= 0.3 is 12.0 Å². The average molecular weight is 280 g/mol. The van der Waals surface area contributed by atoms with Crippen molar-refractivity contribution in [3.63, 3.8) is 0 Å². The van der Waals surface area contributed by atoms with Gasteiger partial charge in [-0.25, -0.2) is 14.0 Å². The van der Waals surface area contributed by atoms with E-state index in [2.05, 4.69) is 5.32 Å². The third kappa shape index (κ3) is 2.74. The van der Waals surface area contributed by atoms with Gasteiger partial charge in [0, 0.05) is 12.7 Å². The maximum absolute atomic E-state index is 13.1. The van der Waals surface area contributed by atoms with E-state index in [1.165, 1.54) is 37.1 Å². The van der Waals surface area contributed by atoms with E-state index in [0.717, 1.165) is 12.8 Å². The Labute approximate surface area is 116 Å². The second-order valence-electron chi connectivity index (χ2n) is 5.25. The molecule has 0 spiro atoms. The Balaban J connectivity index is 2.13. The van der Waals surface area contributed by atoms with Crippen molar-refractivity contribution in [1.29, 1.82) is 0 Å². The van der Waals surface area contributed by atoms with E-state index >= 15 is 0 Å². The van der Waals surface area contributed by atoms with Crippen molar-refractivity contribution in [2.75, 3.05) is 11.9 Å². The van der Waals surface area contributed by atoms with Crippen LogP contribution in [-0.4, -0.2) is 29.7 Å². The highest BCUT2D eigenvalue weighted by molar-refractivity contribution is 5.95. The summed E-state index contributed by atoms with van der Waals surface area (Å²) < 4.78 is 13.1. The van der Waals surface area contributed by atoms with Gasteiger partial charge < -0.3 is 10.4 Å². The number of anilines is 1. The molecule has 0 heterocycles. The molecule has 0 aliphatic heterocycles. The molecule has 20 heavy (non-hydrogen) atoms. The fourth-order valence-corrected chi connectivity index (χ4v) is 2.10. The lowest BCUT2D eigenvalue weighted by Crippen LogP contribution is -2.57. The molecule has 1 aromatic rings. The van der Waals surface area contributed by atoms with E-state index in [1.54, 1.807) is 6.07 Å². The maximum atomic E-state index is 13.1. The van der Waals surface area contributed by atoms with Gasteiger partial charge in [-0.15, -0.1) is 0 Å². The third-order valence-corrected chi connectivity index (χ3v) is 3.70. The lowest BCUT2D eigenvalue weighted by Gasteiger charge is -2.29. The molecule has 108 valence electrons. The molecule has 0 aromatic heterocycles. The van der Waals surface area contributed by atoms with Gasteiger partial charge in [0.2, 0.25) is 0 Å².